The molecule has 19 heavy (non-hydrogen) atoms. The number of halogens is 2. The van der Waals surface area contributed by atoms with Gasteiger partial charge in [0, 0.05) is 11.6 Å². The lowest BCUT2D eigenvalue weighted by atomic mass is 10.3. The maximum Gasteiger partial charge on any atom is 0.244 e. The second kappa shape index (κ2) is 6.31. The molecule has 1 aromatic carbocycles. The number of amides is 1. The van der Waals surface area contributed by atoms with Crippen molar-refractivity contribution < 1.29 is 17.6 Å². The van der Waals surface area contributed by atoms with E-state index in [0.717, 1.165) is 12.1 Å². The maximum absolute atomic E-state index is 13.5. The Morgan fingerprint density at radius 3 is 2.63 bits per heavy atom. The van der Waals surface area contributed by atoms with Gasteiger partial charge in [0.25, 0.3) is 0 Å². The summed E-state index contributed by atoms with van der Waals surface area (Å²) in [7, 11) is -4.11. The molecule has 1 rings (SSSR count). The molecular weight excluding hydrogens is 295 g/mol. The molecule has 8 heteroatoms. The molecule has 0 aromatic heterocycles. The van der Waals surface area contributed by atoms with Gasteiger partial charge in [-0.25, -0.2) is 12.8 Å². The van der Waals surface area contributed by atoms with Crippen LogP contribution in [-0.4, -0.2) is 26.9 Å². The molecule has 1 atom stereocenters. The van der Waals surface area contributed by atoms with E-state index in [0.29, 0.717) is 6.54 Å². The number of hydrogen-bond donors (Lipinski definition) is 2. The number of carbonyl (C=O) groups is 1. The van der Waals surface area contributed by atoms with E-state index in [2.05, 4.69) is 10.0 Å². The SMILES string of the molecule is CCNC(=O)[C@H](C)NS(=O)(=O)c1ccc(Cl)cc1F. The maximum atomic E-state index is 13.5. The second-order valence-electron chi connectivity index (χ2n) is 3.81. The smallest absolute Gasteiger partial charge is 0.244 e. The molecule has 0 saturated heterocycles. The van der Waals surface area contributed by atoms with Gasteiger partial charge in [0.2, 0.25) is 15.9 Å². The van der Waals surface area contributed by atoms with Gasteiger partial charge in [-0.1, -0.05) is 11.6 Å². The molecule has 106 valence electrons. The first kappa shape index (κ1) is 15.9. The Hall–Kier alpha value is -1.18. The van der Waals surface area contributed by atoms with Gasteiger partial charge in [0.15, 0.2) is 0 Å². The van der Waals surface area contributed by atoms with Crippen molar-refractivity contribution in [3.8, 4) is 0 Å². The largest absolute Gasteiger partial charge is 0.355 e. The van der Waals surface area contributed by atoms with Crippen LogP contribution >= 0.6 is 11.6 Å². The standard InChI is InChI=1S/C11H14ClFN2O3S/c1-3-14-11(16)7(2)15-19(17,18)10-5-4-8(12)6-9(10)13/h4-7,15H,3H2,1-2H3,(H,14,16)/t7-/m0/s1. The molecule has 1 amide bonds. The van der Waals surface area contributed by atoms with E-state index >= 15 is 0 Å². The van der Waals surface area contributed by atoms with E-state index in [4.69, 9.17) is 11.6 Å². The van der Waals surface area contributed by atoms with Crippen molar-refractivity contribution in [1.82, 2.24) is 10.0 Å². The van der Waals surface area contributed by atoms with Gasteiger partial charge in [-0.15, -0.1) is 0 Å². The zero-order valence-electron chi connectivity index (χ0n) is 10.4. The predicted molar refractivity (Wildman–Crippen MR) is 69.9 cm³/mol. The first-order valence-electron chi connectivity index (χ1n) is 5.53. The molecule has 0 saturated carbocycles. The van der Waals surface area contributed by atoms with Crippen LogP contribution in [0, 0.1) is 5.82 Å². The molecule has 0 heterocycles. The Kier molecular flexibility index (Phi) is 5.28. The molecule has 0 aliphatic rings. The highest BCUT2D eigenvalue weighted by Gasteiger charge is 2.24. The average molecular weight is 309 g/mol. The number of benzene rings is 1. The fourth-order valence-electron chi connectivity index (χ4n) is 1.37. The lowest BCUT2D eigenvalue weighted by Crippen LogP contribution is -2.44. The lowest BCUT2D eigenvalue weighted by Gasteiger charge is -2.14. The van der Waals surface area contributed by atoms with E-state index in [1.54, 1.807) is 6.92 Å². The van der Waals surface area contributed by atoms with Crippen molar-refractivity contribution in [1.29, 1.82) is 0 Å². The number of hydrogen-bond acceptors (Lipinski definition) is 3. The van der Waals surface area contributed by atoms with Crippen LogP contribution in [0.1, 0.15) is 13.8 Å². The minimum Gasteiger partial charge on any atom is -0.355 e. The molecule has 0 fully saturated rings. The second-order valence-corrected chi connectivity index (χ2v) is 5.93. The van der Waals surface area contributed by atoms with Crippen LogP contribution in [0.15, 0.2) is 23.1 Å². The van der Waals surface area contributed by atoms with Gasteiger partial charge in [-0.2, -0.15) is 4.72 Å². The van der Waals surface area contributed by atoms with Crippen molar-refractivity contribution in [3.63, 3.8) is 0 Å². The highest BCUT2D eigenvalue weighted by atomic mass is 35.5. The van der Waals surface area contributed by atoms with Crippen molar-refractivity contribution in [2.75, 3.05) is 6.54 Å². The number of likely N-dealkylation sites (N-methyl/N-ethyl adjacent to an activating group) is 1. The fourth-order valence-corrected chi connectivity index (χ4v) is 2.79. The van der Waals surface area contributed by atoms with Crippen molar-refractivity contribution in [2.24, 2.45) is 0 Å². The van der Waals surface area contributed by atoms with E-state index in [9.17, 15) is 17.6 Å². The highest BCUT2D eigenvalue weighted by Crippen LogP contribution is 2.19. The summed E-state index contributed by atoms with van der Waals surface area (Å²) in [5.41, 5.74) is 0. The molecule has 5 nitrogen and oxygen atoms in total. The summed E-state index contributed by atoms with van der Waals surface area (Å²) >= 11 is 5.55. The molecule has 0 aliphatic carbocycles. The molecule has 2 N–H and O–H groups in total. The van der Waals surface area contributed by atoms with Gasteiger partial charge in [0.05, 0.1) is 6.04 Å². The summed E-state index contributed by atoms with van der Waals surface area (Å²) in [5, 5.41) is 2.55. The highest BCUT2D eigenvalue weighted by molar-refractivity contribution is 7.89. The number of nitrogens with one attached hydrogen (secondary N) is 2. The zero-order valence-corrected chi connectivity index (χ0v) is 12.0. The number of sulfonamides is 1. The molecule has 0 bridgehead atoms. The first-order chi connectivity index (χ1) is 8.77. The van der Waals surface area contributed by atoms with Gasteiger partial charge in [-0.3, -0.25) is 4.79 Å². The predicted octanol–water partition coefficient (Wildman–Crippen LogP) is 1.28. The monoisotopic (exact) mass is 308 g/mol. The Morgan fingerprint density at radius 2 is 2.11 bits per heavy atom. The lowest BCUT2D eigenvalue weighted by molar-refractivity contribution is -0.122. The fraction of sp³-hybridized carbons (Fsp3) is 0.364. The van der Waals surface area contributed by atoms with Gasteiger partial charge >= 0.3 is 0 Å². The van der Waals surface area contributed by atoms with Crippen LogP contribution in [0.3, 0.4) is 0 Å². The topological polar surface area (TPSA) is 75.3 Å². The van der Waals surface area contributed by atoms with E-state index in [1.165, 1.54) is 13.0 Å². The summed E-state index contributed by atoms with van der Waals surface area (Å²) < 4.78 is 39.5. The first-order valence-corrected chi connectivity index (χ1v) is 7.39. The average Bonchev–Trinajstić information content (AvgIpc) is 2.27. The third kappa shape index (κ3) is 4.15. The van der Waals surface area contributed by atoms with Crippen LogP contribution in [0.2, 0.25) is 5.02 Å². The Morgan fingerprint density at radius 1 is 1.47 bits per heavy atom. The van der Waals surface area contributed by atoms with Crippen molar-refractivity contribution in [2.45, 2.75) is 24.8 Å². The van der Waals surface area contributed by atoms with Crippen LogP contribution in [0.25, 0.3) is 0 Å². The van der Waals surface area contributed by atoms with E-state index in [-0.39, 0.29) is 5.02 Å². The quantitative estimate of drug-likeness (QED) is 0.860. The van der Waals surface area contributed by atoms with E-state index in [1.807, 2.05) is 0 Å². The molecule has 0 radical (unpaired) electrons. The summed E-state index contributed by atoms with van der Waals surface area (Å²) in [6.45, 7) is 3.45. The number of carbonyl (C=O) groups excluding carboxylic acids is 1. The van der Waals surface area contributed by atoms with Gasteiger partial charge in [-0.05, 0) is 32.0 Å². The van der Waals surface area contributed by atoms with Crippen LogP contribution in [0.4, 0.5) is 4.39 Å². The Balaban J connectivity index is 2.95. The minimum absolute atomic E-state index is 0.0909. The Labute approximate surface area is 116 Å². The summed E-state index contributed by atoms with van der Waals surface area (Å²) in [6.07, 6.45) is 0. The third-order valence-corrected chi connectivity index (χ3v) is 4.07. The summed E-state index contributed by atoms with van der Waals surface area (Å²) in [5.74, 6) is -1.46. The molecule has 0 aliphatic heterocycles. The molecule has 1 aromatic rings. The van der Waals surface area contributed by atoms with Crippen LogP contribution in [-0.2, 0) is 14.8 Å². The van der Waals surface area contributed by atoms with Crippen molar-refractivity contribution in [3.05, 3.63) is 29.0 Å². The third-order valence-electron chi connectivity index (χ3n) is 2.26. The summed E-state index contributed by atoms with van der Waals surface area (Å²) in [6, 6.07) is 2.20. The normalized spacial score (nSPS) is 13.1. The molecule has 0 spiro atoms. The van der Waals surface area contributed by atoms with Crippen molar-refractivity contribution >= 4 is 27.5 Å². The van der Waals surface area contributed by atoms with Crippen LogP contribution in [0.5, 0.6) is 0 Å². The number of rotatable bonds is 5. The summed E-state index contributed by atoms with van der Waals surface area (Å²) in [4.78, 5) is 10.9. The zero-order chi connectivity index (χ0) is 14.6. The van der Waals surface area contributed by atoms with Gasteiger partial charge in [0.1, 0.15) is 10.7 Å². The Bertz CT molecular complexity index is 577. The van der Waals surface area contributed by atoms with Gasteiger partial charge < -0.3 is 5.32 Å². The molecule has 0 unspecified atom stereocenters. The molecular formula is C11H14ClFN2O3S. The van der Waals surface area contributed by atoms with E-state index < -0.39 is 32.7 Å². The minimum atomic E-state index is -4.11. The van der Waals surface area contributed by atoms with Crippen LogP contribution < -0.4 is 10.0 Å².